The van der Waals surface area contributed by atoms with E-state index in [0.29, 0.717) is 6.61 Å². The van der Waals surface area contributed by atoms with Crippen molar-refractivity contribution in [2.45, 2.75) is 45.3 Å². The van der Waals surface area contributed by atoms with Gasteiger partial charge < -0.3 is 14.4 Å². The number of halogens is 4. The molecule has 0 saturated heterocycles. The molecule has 238 valence electrons. The molecule has 2 aromatic heterocycles. The van der Waals surface area contributed by atoms with Crippen LogP contribution in [0.25, 0.3) is 5.65 Å². The molecular weight excluding hydrogens is 658 g/mol. The molecule has 0 fully saturated rings. The first-order chi connectivity index (χ1) is 20.9. The van der Waals surface area contributed by atoms with Crippen LogP contribution in [0.5, 0.6) is 6.01 Å². The summed E-state index contributed by atoms with van der Waals surface area (Å²) in [4.78, 5) is 21.3. The van der Waals surface area contributed by atoms with E-state index in [1.807, 2.05) is 26.0 Å². The van der Waals surface area contributed by atoms with Gasteiger partial charge in [0.25, 0.3) is 15.2 Å². The second-order valence-corrected chi connectivity index (χ2v) is 12.0. The monoisotopic (exact) mass is 688 g/mol. The van der Waals surface area contributed by atoms with E-state index in [2.05, 4.69) is 32.8 Å². The minimum Gasteiger partial charge on any atom is -0.464 e. The van der Waals surface area contributed by atoms with E-state index in [9.17, 15) is 17.6 Å². The molecule has 44 heavy (non-hydrogen) atoms. The van der Waals surface area contributed by atoms with Crippen LogP contribution in [0.3, 0.4) is 0 Å². The van der Waals surface area contributed by atoms with Gasteiger partial charge in [0.2, 0.25) is 11.9 Å². The van der Waals surface area contributed by atoms with E-state index in [0.717, 1.165) is 33.8 Å². The lowest BCUT2D eigenvalue weighted by atomic mass is 10.0. The van der Waals surface area contributed by atoms with Crippen LogP contribution in [0, 0.1) is 12.9 Å². The molecule has 1 N–H and O–H groups in total. The summed E-state index contributed by atoms with van der Waals surface area (Å²) in [5.41, 5.74) is 3.11. The van der Waals surface area contributed by atoms with Crippen molar-refractivity contribution in [3.05, 3.63) is 69.6 Å². The van der Waals surface area contributed by atoms with Gasteiger partial charge in [-0.25, -0.2) is 0 Å². The maximum absolute atomic E-state index is 13.5. The van der Waals surface area contributed by atoms with E-state index in [1.54, 1.807) is 25.0 Å². The number of carbonyl (C=O) groups excluding carboxylic acids is 1. The van der Waals surface area contributed by atoms with Crippen molar-refractivity contribution in [2.24, 2.45) is 0 Å². The highest BCUT2D eigenvalue weighted by molar-refractivity contribution is 7.92. The van der Waals surface area contributed by atoms with E-state index in [4.69, 9.17) is 44.3 Å². The number of ether oxygens (including phenoxy) is 2. The van der Waals surface area contributed by atoms with Gasteiger partial charge in [-0.15, -0.1) is 16.7 Å². The molecule has 0 radical (unpaired) electrons. The Balaban J connectivity index is 0.000000251. The van der Waals surface area contributed by atoms with Crippen LogP contribution in [0.2, 0.25) is 10.0 Å². The van der Waals surface area contributed by atoms with Gasteiger partial charge >= 0.3 is 6.01 Å². The lowest BCUT2D eigenvalue weighted by Gasteiger charge is -2.31. The zero-order valence-corrected chi connectivity index (χ0v) is 27.7. The number of amides is 1. The zero-order valence-electron chi connectivity index (χ0n) is 24.6. The van der Waals surface area contributed by atoms with Crippen molar-refractivity contribution >= 4 is 67.8 Å². The van der Waals surface area contributed by atoms with Gasteiger partial charge in [-0.1, -0.05) is 54.4 Å². The van der Waals surface area contributed by atoms with Gasteiger partial charge in [0.15, 0.2) is 5.65 Å². The Hall–Kier alpha value is -3.23. The van der Waals surface area contributed by atoms with Crippen molar-refractivity contribution in [2.75, 3.05) is 35.8 Å². The fourth-order valence-electron chi connectivity index (χ4n) is 4.25. The number of sulfonamides is 1. The molecule has 0 spiro atoms. The van der Waals surface area contributed by atoms with Crippen LogP contribution in [-0.2, 0) is 26.0 Å². The highest BCUT2D eigenvalue weighted by Gasteiger charge is 2.26. The predicted octanol–water partition coefficient (Wildman–Crippen LogP) is 5.93. The number of anilines is 2. The number of alkyl halides is 1. The Bertz CT molecular complexity index is 1700. The Morgan fingerprint density at radius 2 is 1.80 bits per heavy atom. The number of hydrogen-bond acceptors (Lipinski definition) is 8. The molecule has 0 aliphatic rings. The second-order valence-electron chi connectivity index (χ2n) is 9.30. The Labute approximate surface area is 270 Å². The summed E-state index contributed by atoms with van der Waals surface area (Å²) in [6.45, 7) is 8.40. The predicted molar refractivity (Wildman–Crippen MR) is 169 cm³/mol. The van der Waals surface area contributed by atoms with Crippen LogP contribution in [0.4, 0.5) is 15.8 Å². The average Bonchev–Trinajstić information content (AvgIpc) is 3.42. The smallest absolute Gasteiger partial charge is 0.322 e. The number of carbonyl (C=O) groups is 1. The number of para-hydroxylation sites is 2. The zero-order chi connectivity index (χ0) is 32.6. The number of benzene rings is 2. The summed E-state index contributed by atoms with van der Waals surface area (Å²) in [6, 6.07) is 11.3. The molecule has 2 heterocycles. The van der Waals surface area contributed by atoms with Crippen LogP contribution < -0.4 is 14.4 Å². The number of nitrogens with zero attached hydrogens (tertiary/aromatic N) is 5. The molecule has 4 rings (SSSR count). The summed E-state index contributed by atoms with van der Waals surface area (Å²) >= 11 is 17.7. The third kappa shape index (κ3) is 8.27. The quantitative estimate of drug-likeness (QED) is 0.152. The number of methoxy groups -OCH3 is 1. The van der Waals surface area contributed by atoms with Crippen LogP contribution in [0.1, 0.15) is 31.9 Å². The molecule has 0 bridgehead atoms. The minimum atomic E-state index is -4.23. The molecule has 4 aromatic rings. The van der Waals surface area contributed by atoms with Crippen LogP contribution in [0.15, 0.2) is 47.6 Å². The average molecular weight is 690 g/mol. The third-order valence-corrected chi connectivity index (χ3v) is 8.12. The topological polar surface area (TPSA) is 128 Å². The van der Waals surface area contributed by atoms with Gasteiger partial charge in [-0.05, 0) is 50.5 Å². The summed E-state index contributed by atoms with van der Waals surface area (Å²) in [7, 11) is -2.60. The van der Waals surface area contributed by atoms with E-state index >= 15 is 0 Å². The minimum absolute atomic E-state index is 0.0148. The van der Waals surface area contributed by atoms with Gasteiger partial charge in [0, 0.05) is 13.2 Å². The number of hydrogen-bond donors (Lipinski definition) is 1. The molecule has 16 heteroatoms. The maximum Gasteiger partial charge on any atom is 0.322 e. The fraction of sp³-hybridized carbons (Fsp3) is 0.357. The summed E-state index contributed by atoms with van der Waals surface area (Å²) < 4.78 is 52.0. The van der Waals surface area contributed by atoms with Crippen molar-refractivity contribution < 1.29 is 27.1 Å². The van der Waals surface area contributed by atoms with E-state index in [-0.39, 0.29) is 51.8 Å². The van der Waals surface area contributed by atoms with E-state index in [1.165, 1.54) is 12.1 Å². The first-order valence-corrected chi connectivity index (χ1v) is 16.1. The molecule has 0 aliphatic carbocycles. The second kappa shape index (κ2) is 15.7. The highest BCUT2D eigenvalue weighted by atomic mass is 35.5. The van der Waals surface area contributed by atoms with Crippen molar-refractivity contribution in [3.8, 4) is 6.01 Å². The van der Waals surface area contributed by atoms with Crippen LogP contribution in [-0.4, -0.2) is 66.2 Å². The molecule has 1 atom stereocenters. The summed E-state index contributed by atoms with van der Waals surface area (Å²) in [5.74, 6) is -0.990. The van der Waals surface area contributed by atoms with Gasteiger partial charge in [-0.2, -0.15) is 27.3 Å². The molecule has 0 saturated carbocycles. The first kappa shape index (κ1) is 35.3. The van der Waals surface area contributed by atoms with Gasteiger partial charge in [0.05, 0.1) is 40.7 Å². The Kier molecular flexibility index (Phi) is 12.6. The molecular formula is C28H32Cl3FN6O5S. The third-order valence-electron chi connectivity index (χ3n) is 6.13. The molecule has 1 unspecified atom stereocenters. The number of fused-ring (bicyclic) bond motifs is 1. The molecule has 2 aromatic carbocycles. The summed E-state index contributed by atoms with van der Waals surface area (Å²) in [6.07, 6.45) is 0.878. The molecule has 0 aliphatic heterocycles. The Morgan fingerprint density at radius 1 is 1.14 bits per heavy atom. The summed E-state index contributed by atoms with van der Waals surface area (Å²) in [5, 5.41) is 3.40. The van der Waals surface area contributed by atoms with E-state index < -0.39 is 21.1 Å². The SMILES string of the molecule is CCOc1nc(F)cc2nc(S(=O)(=O)Nc3c(Cl)cccc3Cl)nn12.CCc1cccc(C)c1N(C(=O)CCl)C(C)COC. The number of aromatic nitrogens is 4. The normalized spacial score (nSPS) is 11.9. The van der Waals surface area contributed by atoms with Crippen molar-refractivity contribution in [1.29, 1.82) is 0 Å². The van der Waals surface area contributed by atoms with Crippen molar-refractivity contribution in [1.82, 2.24) is 19.6 Å². The lowest BCUT2D eigenvalue weighted by Crippen LogP contribution is -2.43. The highest BCUT2D eigenvalue weighted by Crippen LogP contribution is 2.32. The Morgan fingerprint density at radius 3 is 2.39 bits per heavy atom. The molecule has 1 amide bonds. The first-order valence-electron chi connectivity index (χ1n) is 13.4. The largest absolute Gasteiger partial charge is 0.464 e. The van der Waals surface area contributed by atoms with Crippen molar-refractivity contribution in [3.63, 3.8) is 0 Å². The van der Waals surface area contributed by atoms with Crippen LogP contribution >= 0.6 is 34.8 Å². The maximum atomic E-state index is 13.5. The lowest BCUT2D eigenvalue weighted by molar-refractivity contribution is -0.116. The number of rotatable bonds is 11. The fourth-order valence-corrected chi connectivity index (χ4v) is 5.96. The standard InChI is InChI=1S/C15H22ClNO2.C13H10Cl2FN5O3S/c1-5-13-8-6-7-11(2)15(13)17(14(18)9-16)12(3)10-19-4;1-2-24-13-17-9(16)6-10-18-12(19-21(10)13)25(22,23)20-11-7(14)4-3-5-8(11)15/h6-8,12H,5,9-10H2,1-4H3;3-6,20H,2H2,1H3. The molecule has 11 nitrogen and oxygen atoms in total. The number of aryl methyl sites for hydroxylation is 2. The van der Waals surface area contributed by atoms with Gasteiger partial charge in [0.1, 0.15) is 5.88 Å². The number of nitrogens with one attached hydrogen (secondary N) is 1. The van der Waals surface area contributed by atoms with Gasteiger partial charge in [-0.3, -0.25) is 9.52 Å².